The first-order valence-corrected chi connectivity index (χ1v) is 13.1. The number of piperazine rings is 1. The van der Waals surface area contributed by atoms with Gasteiger partial charge in [0, 0.05) is 39.3 Å². The van der Waals surface area contributed by atoms with Crippen LogP contribution in [0.5, 0.6) is 0 Å². The Balaban J connectivity index is 1.91. The lowest BCUT2D eigenvalue weighted by atomic mass is 10.0. The van der Waals surface area contributed by atoms with Crippen molar-refractivity contribution in [3.8, 4) is 0 Å². The highest BCUT2D eigenvalue weighted by molar-refractivity contribution is 7.92. The summed E-state index contributed by atoms with van der Waals surface area (Å²) in [5.41, 5.74) is 1.78. The zero-order valence-electron chi connectivity index (χ0n) is 20.0. The maximum absolute atomic E-state index is 13.3. The molecule has 2 heterocycles. The van der Waals surface area contributed by atoms with E-state index in [1.165, 1.54) is 6.20 Å². The summed E-state index contributed by atoms with van der Waals surface area (Å²) in [4.78, 5) is 21.7. The number of benzene rings is 1. The minimum atomic E-state index is -3.81. The van der Waals surface area contributed by atoms with Crippen LogP contribution in [0.2, 0.25) is 0 Å². The van der Waals surface area contributed by atoms with Gasteiger partial charge in [-0.15, -0.1) is 0 Å². The Morgan fingerprint density at radius 3 is 2.36 bits per heavy atom. The molecule has 8 nitrogen and oxygen atoms in total. The van der Waals surface area contributed by atoms with Crippen LogP contribution in [0.15, 0.2) is 41.4 Å². The number of rotatable bonds is 9. The number of pyridine rings is 1. The summed E-state index contributed by atoms with van der Waals surface area (Å²) < 4.78 is 28.6. The molecule has 0 radical (unpaired) electrons. The molecule has 1 fully saturated rings. The molecule has 0 saturated carbocycles. The molecule has 33 heavy (non-hydrogen) atoms. The number of carbonyl (C=O) groups is 1. The predicted octanol–water partition coefficient (Wildman–Crippen LogP) is 2.97. The van der Waals surface area contributed by atoms with Crippen LogP contribution in [0, 0.1) is 5.92 Å². The molecular weight excluding hydrogens is 438 g/mol. The average molecular weight is 474 g/mol. The topological polar surface area (TPSA) is 94.6 Å². The second-order valence-corrected chi connectivity index (χ2v) is 10.3. The van der Waals surface area contributed by atoms with Crippen molar-refractivity contribution in [3.05, 3.63) is 47.7 Å². The first kappa shape index (κ1) is 25.0. The van der Waals surface area contributed by atoms with Gasteiger partial charge in [-0.3, -0.25) is 9.52 Å². The molecule has 180 valence electrons. The summed E-state index contributed by atoms with van der Waals surface area (Å²) >= 11 is 0. The fourth-order valence-corrected chi connectivity index (χ4v) is 5.00. The normalized spacial score (nSPS) is 14.4. The van der Waals surface area contributed by atoms with Gasteiger partial charge in [0.1, 0.15) is 5.82 Å². The molecule has 1 saturated heterocycles. The molecular formula is C24H35N5O3S. The first-order valence-electron chi connectivity index (χ1n) is 11.6. The van der Waals surface area contributed by atoms with Crippen LogP contribution >= 0.6 is 0 Å². The van der Waals surface area contributed by atoms with Gasteiger partial charge in [-0.25, -0.2) is 13.4 Å². The maximum atomic E-state index is 13.3. The van der Waals surface area contributed by atoms with Crippen LogP contribution in [0.3, 0.4) is 0 Å². The molecule has 0 atom stereocenters. The van der Waals surface area contributed by atoms with E-state index in [2.05, 4.69) is 33.8 Å². The number of carbonyl (C=O) groups excluding carboxylic acids is 1. The minimum absolute atomic E-state index is 0.153. The quantitative estimate of drug-likeness (QED) is 0.582. The van der Waals surface area contributed by atoms with E-state index in [0.717, 1.165) is 38.2 Å². The van der Waals surface area contributed by atoms with Crippen LogP contribution in [0.4, 0.5) is 11.5 Å². The number of sulfonamides is 1. The lowest BCUT2D eigenvalue weighted by Crippen LogP contribution is -2.45. The summed E-state index contributed by atoms with van der Waals surface area (Å²) in [5, 5.41) is 3.30. The molecule has 1 aliphatic rings. The van der Waals surface area contributed by atoms with Crippen molar-refractivity contribution in [1.82, 2.24) is 15.2 Å². The molecule has 2 aromatic rings. The van der Waals surface area contributed by atoms with Crippen molar-refractivity contribution in [2.45, 2.75) is 39.0 Å². The summed E-state index contributed by atoms with van der Waals surface area (Å²) in [6, 6.07) is 8.52. The largest absolute Gasteiger partial charge is 0.353 e. The van der Waals surface area contributed by atoms with E-state index >= 15 is 0 Å². The van der Waals surface area contributed by atoms with E-state index < -0.39 is 10.0 Å². The number of nitrogens with one attached hydrogen (secondary N) is 2. The molecule has 0 spiro atoms. The number of hydrogen-bond donors (Lipinski definition) is 2. The molecule has 0 aliphatic carbocycles. The third-order valence-corrected chi connectivity index (χ3v) is 7.09. The Bertz CT molecular complexity index is 1040. The van der Waals surface area contributed by atoms with Crippen molar-refractivity contribution >= 4 is 27.4 Å². The van der Waals surface area contributed by atoms with Crippen molar-refractivity contribution in [1.29, 1.82) is 0 Å². The highest BCUT2D eigenvalue weighted by Crippen LogP contribution is 2.25. The summed E-state index contributed by atoms with van der Waals surface area (Å²) in [6.07, 6.45) is 2.38. The summed E-state index contributed by atoms with van der Waals surface area (Å²) in [5.74, 6) is 0.933. The molecule has 9 heteroatoms. The third kappa shape index (κ3) is 6.23. The fraction of sp³-hybridized carbons (Fsp3) is 0.500. The Kier molecular flexibility index (Phi) is 8.31. The number of nitrogens with zero attached hydrogens (tertiary/aromatic N) is 3. The zero-order chi connectivity index (χ0) is 24.0. The van der Waals surface area contributed by atoms with Crippen LogP contribution in [-0.4, -0.2) is 63.5 Å². The highest BCUT2D eigenvalue weighted by atomic mass is 32.2. The van der Waals surface area contributed by atoms with Gasteiger partial charge >= 0.3 is 0 Å². The van der Waals surface area contributed by atoms with Crippen molar-refractivity contribution < 1.29 is 13.2 Å². The molecule has 1 aromatic carbocycles. The standard InChI is InChI=1S/C24H35N5O3S/c1-5-28(6-2)24(30)22-16-20(17-26-23(22)29-13-11-25-12-14-29)27-33(31,32)21-9-7-19(8-10-21)15-18(3)4/h7-10,16-18,25,27H,5-6,11-15H2,1-4H3. The van der Waals surface area contributed by atoms with Crippen LogP contribution in [0.1, 0.15) is 43.6 Å². The zero-order valence-corrected chi connectivity index (χ0v) is 20.8. The van der Waals surface area contributed by atoms with Crippen molar-refractivity contribution in [2.24, 2.45) is 5.92 Å². The van der Waals surface area contributed by atoms with E-state index in [-0.39, 0.29) is 16.5 Å². The number of aromatic nitrogens is 1. The van der Waals surface area contributed by atoms with Crippen molar-refractivity contribution in [2.75, 3.05) is 48.9 Å². The van der Waals surface area contributed by atoms with E-state index in [0.29, 0.717) is 30.4 Å². The van der Waals surface area contributed by atoms with Gasteiger partial charge in [0.2, 0.25) is 0 Å². The Labute approximate surface area is 197 Å². The highest BCUT2D eigenvalue weighted by Gasteiger charge is 2.24. The Morgan fingerprint density at radius 2 is 1.79 bits per heavy atom. The summed E-state index contributed by atoms with van der Waals surface area (Å²) in [7, 11) is -3.81. The number of amides is 1. The first-order chi connectivity index (χ1) is 15.7. The smallest absolute Gasteiger partial charge is 0.261 e. The van der Waals surface area contributed by atoms with Gasteiger partial charge in [0.05, 0.1) is 22.3 Å². The van der Waals surface area contributed by atoms with Gasteiger partial charge < -0.3 is 15.1 Å². The molecule has 2 N–H and O–H groups in total. The monoisotopic (exact) mass is 473 g/mol. The molecule has 1 aromatic heterocycles. The molecule has 1 amide bonds. The summed E-state index contributed by atoms with van der Waals surface area (Å²) in [6.45, 7) is 12.3. The van der Waals surface area contributed by atoms with Gasteiger partial charge in [0.25, 0.3) is 15.9 Å². The minimum Gasteiger partial charge on any atom is -0.353 e. The second-order valence-electron chi connectivity index (χ2n) is 8.66. The third-order valence-electron chi connectivity index (χ3n) is 5.69. The number of anilines is 2. The lowest BCUT2D eigenvalue weighted by molar-refractivity contribution is 0.0773. The molecule has 0 unspecified atom stereocenters. The van der Waals surface area contributed by atoms with Crippen LogP contribution in [0.25, 0.3) is 0 Å². The Hall–Kier alpha value is -2.65. The van der Waals surface area contributed by atoms with E-state index in [1.54, 1.807) is 23.1 Å². The lowest BCUT2D eigenvalue weighted by Gasteiger charge is -2.31. The SMILES string of the molecule is CCN(CC)C(=O)c1cc(NS(=O)(=O)c2ccc(CC(C)C)cc2)cnc1N1CCNCC1. The van der Waals surface area contributed by atoms with E-state index in [4.69, 9.17) is 0 Å². The van der Waals surface area contributed by atoms with Gasteiger partial charge in [-0.05, 0) is 49.9 Å². The molecule has 3 rings (SSSR count). The van der Waals surface area contributed by atoms with E-state index in [9.17, 15) is 13.2 Å². The second kappa shape index (κ2) is 11.0. The van der Waals surface area contributed by atoms with Crippen LogP contribution < -0.4 is 14.9 Å². The molecule has 0 bridgehead atoms. The molecule has 1 aliphatic heterocycles. The van der Waals surface area contributed by atoms with Gasteiger partial charge in [0.15, 0.2) is 0 Å². The number of hydrogen-bond acceptors (Lipinski definition) is 6. The van der Waals surface area contributed by atoms with E-state index in [1.807, 2.05) is 26.0 Å². The van der Waals surface area contributed by atoms with Crippen LogP contribution in [-0.2, 0) is 16.4 Å². The van der Waals surface area contributed by atoms with Gasteiger partial charge in [-0.2, -0.15) is 0 Å². The fourth-order valence-electron chi connectivity index (χ4n) is 3.97. The Morgan fingerprint density at radius 1 is 1.15 bits per heavy atom. The van der Waals surface area contributed by atoms with Gasteiger partial charge in [-0.1, -0.05) is 26.0 Å². The maximum Gasteiger partial charge on any atom is 0.261 e. The average Bonchev–Trinajstić information content (AvgIpc) is 2.80. The van der Waals surface area contributed by atoms with Crippen molar-refractivity contribution in [3.63, 3.8) is 0 Å². The predicted molar refractivity (Wildman–Crippen MR) is 132 cm³/mol.